The van der Waals surface area contributed by atoms with E-state index in [-0.39, 0.29) is 5.91 Å². The fourth-order valence-corrected chi connectivity index (χ4v) is 2.54. The van der Waals surface area contributed by atoms with Gasteiger partial charge in [0.1, 0.15) is 6.29 Å². The third kappa shape index (κ3) is 2.96. The van der Waals surface area contributed by atoms with E-state index in [0.717, 1.165) is 23.4 Å². The number of carbonyl (C=O) groups is 2. The molecule has 0 aliphatic rings. The molecule has 0 radical (unpaired) electrons. The van der Waals surface area contributed by atoms with Gasteiger partial charge in [-0.2, -0.15) is 5.10 Å². The SMILES string of the molecule is Cc1nn(-c2ccccc2)c(C)c1NC(=O)c1ccc(C=O)cc1. The van der Waals surface area contributed by atoms with E-state index in [1.807, 2.05) is 44.2 Å². The van der Waals surface area contributed by atoms with Gasteiger partial charge >= 0.3 is 0 Å². The Morgan fingerprint density at radius 2 is 1.71 bits per heavy atom. The Morgan fingerprint density at radius 3 is 2.33 bits per heavy atom. The summed E-state index contributed by atoms with van der Waals surface area (Å²) < 4.78 is 1.81. The highest BCUT2D eigenvalue weighted by molar-refractivity contribution is 6.05. The molecule has 24 heavy (non-hydrogen) atoms. The first kappa shape index (κ1) is 15.7. The van der Waals surface area contributed by atoms with Gasteiger partial charge in [0.2, 0.25) is 0 Å². The van der Waals surface area contributed by atoms with Gasteiger partial charge < -0.3 is 5.32 Å². The minimum Gasteiger partial charge on any atom is -0.319 e. The Bertz CT molecular complexity index is 881. The number of para-hydroxylation sites is 1. The topological polar surface area (TPSA) is 64.0 Å². The molecule has 0 atom stereocenters. The molecule has 0 fully saturated rings. The second-order valence-corrected chi connectivity index (χ2v) is 5.49. The van der Waals surface area contributed by atoms with Crippen molar-refractivity contribution in [1.82, 2.24) is 9.78 Å². The molecule has 2 aromatic carbocycles. The van der Waals surface area contributed by atoms with Crippen LogP contribution in [0.3, 0.4) is 0 Å². The maximum atomic E-state index is 12.4. The van der Waals surface area contributed by atoms with Crippen LogP contribution in [0.4, 0.5) is 5.69 Å². The lowest BCUT2D eigenvalue weighted by Crippen LogP contribution is -2.13. The third-order valence-corrected chi connectivity index (χ3v) is 3.84. The van der Waals surface area contributed by atoms with Crippen LogP contribution in [0.2, 0.25) is 0 Å². The predicted octanol–water partition coefficient (Wildman–Crippen LogP) is 3.55. The van der Waals surface area contributed by atoms with Gasteiger partial charge in [-0.3, -0.25) is 9.59 Å². The van der Waals surface area contributed by atoms with Crippen LogP contribution < -0.4 is 5.32 Å². The van der Waals surface area contributed by atoms with Gasteiger partial charge in [0.15, 0.2) is 0 Å². The van der Waals surface area contributed by atoms with E-state index in [0.29, 0.717) is 16.8 Å². The number of aromatic nitrogens is 2. The lowest BCUT2D eigenvalue weighted by molar-refractivity contribution is 0.102. The average molecular weight is 319 g/mol. The number of benzene rings is 2. The quantitative estimate of drug-likeness (QED) is 0.748. The fourth-order valence-electron chi connectivity index (χ4n) is 2.54. The van der Waals surface area contributed by atoms with Crippen molar-refractivity contribution in [3.8, 4) is 5.69 Å². The van der Waals surface area contributed by atoms with E-state index >= 15 is 0 Å². The summed E-state index contributed by atoms with van der Waals surface area (Å²) in [4.78, 5) is 23.1. The summed E-state index contributed by atoms with van der Waals surface area (Å²) in [6.07, 6.45) is 0.750. The average Bonchev–Trinajstić information content (AvgIpc) is 2.90. The zero-order valence-corrected chi connectivity index (χ0v) is 13.5. The molecule has 0 aliphatic carbocycles. The molecule has 5 nitrogen and oxygen atoms in total. The Labute approximate surface area is 139 Å². The molecule has 120 valence electrons. The van der Waals surface area contributed by atoms with Crippen LogP contribution in [0, 0.1) is 13.8 Å². The maximum absolute atomic E-state index is 12.4. The number of nitrogens with one attached hydrogen (secondary N) is 1. The number of carbonyl (C=O) groups excluding carboxylic acids is 2. The molecule has 1 amide bonds. The van der Waals surface area contributed by atoms with Crippen LogP contribution in [-0.4, -0.2) is 22.0 Å². The predicted molar refractivity (Wildman–Crippen MR) is 92.8 cm³/mol. The van der Waals surface area contributed by atoms with Gasteiger partial charge in [0.25, 0.3) is 5.91 Å². The summed E-state index contributed by atoms with van der Waals surface area (Å²) in [6.45, 7) is 3.77. The van der Waals surface area contributed by atoms with Crippen molar-refractivity contribution >= 4 is 17.9 Å². The lowest BCUT2D eigenvalue weighted by Gasteiger charge is -2.07. The van der Waals surface area contributed by atoms with Gasteiger partial charge in [-0.15, -0.1) is 0 Å². The molecular weight excluding hydrogens is 302 g/mol. The number of hydrogen-bond acceptors (Lipinski definition) is 3. The summed E-state index contributed by atoms with van der Waals surface area (Å²) in [7, 11) is 0. The van der Waals surface area contributed by atoms with Crippen molar-refractivity contribution in [2.45, 2.75) is 13.8 Å². The van der Waals surface area contributed by atoms with Gasteiger partial charge in [-0.25, -0.2) is 4.68 Å². The van der Waals surface area contributed by atoms with Crippen molar-refractivity contribution < 1.29 is 9.59 Å². The van der Waals surface area contributed by atoms with Gasteiger partial charge in [-0.1, -0.05) is 30.3 Å². The van der Waals surface area contributed by atoms with Crippen molar-refractivity contribution in [3.05, 3.63) is 77.1 Å². The zero-order valence-electron chi connectivity index (χ0n) is 13.5. The second kappa shape index (κ2) is 6.50. The summed E-state index contributed by atoms with van der Waals surface area (Å²) in [5.41, 5.74) is 4.27. The van der Waals surface area contributed by atoms with Crippen molar-refractivity contribution in [3.63, 3.8) is 0 Å². The Morgan fingerprint density at radius 1 is 1.04 bits per heavy atom. The number of rotatable bonds is 4. The van der Waals surface area contributed by atoms with Crippen molar-refractivity contribution in [2.24, 2.45) is 0 Å². The highest BCUT2D eigenvalue weighted by Gasteiger charge is 2.16. The fraction of sp³-hybridized carbons (Fsp3) is 0.105. The molecule has 1 heterocycles. The number of nitrogens with zero attached hydrogens (tertiary/aromatic N) is 2. The number of hydrogen-bond donors (Lipinski definition) is 1. The number of aldehydes is 1. The Balaban J connectivity index is 1.88. The minimum atomic E-state index is -0.230. The van der Waals surface area contributed by atoms with Crippen molar-refractivity contribution in [1.29, 1.82) is 0 Å². The van der Waals surface area contributed by atoms with Crippen LogP contribution in [-0.2, 0) is 0 Å². The monoisotopic (exact) mass is 319 g/mol. The molecule has 3 rings (SSSR count). The number of aryl methyl sites for hydroxylation is 1. The van der Waals surface area contributed by atoms with Crippen LogP contribution in [0.1, 0.15) is 32.1 Å². The molecule has 1 N–H and O–H groups in total. The highest BCUT2D eigenvalue weighted by atomic mass is 16.1. The number of anilines is 1. The first-order valence-electron chi connectivity index (χ1n) is 7.58. The summed E-state index contributed by atoms with van der Waals surface area (Å²) >= 11 is 0. The highest BCUT2D eigenvalue weighted by Crippen LogP contribution is 2.23. The molecule has 3 aromatic rings. The van der Waals surface area contributed by atoms with Crippen LogP contribution >= 0.6 is 0 Å². The second-order valence-electron chi connectivity index (χ2n) is 5.49. The molecule has 0 unspecified atom stereocenters. The summed E-state index contributed by atoms with van der Waals surface area (Å²) in [6, 6.07) is 16.3. The minimum absolute atomic E-state index is 0.230. The smallest absolute Gasteiger partial charge is 0.255 e. The van der Waals surface area contributed by atoms with Crippen LogP contribution in [0.25, 0.3) is 5.69 Å². The molecular formula is C19H17N3O2. The van der Waals surface area contributed by atoms with Gasteiger partial charge in [0, 0.05) is 11.1 Å². The summed E-state index contributed by atoms with van der Waals surface area (Å²) in [5.74, 6) is -0.230. The van der Waals surface area contributed by atoms with E-state index < -0.39 is 0 Å². The van der Waals surface area contributed by atoms with E-state index in [2.05, 4.69) is 10.4 Å². The normalized spacial score (nSPS) is 10.4. The molecule has 5 heteroatoms. The van der Waals surface area contributed by atoms with Gasteiger partial charge in [-0.05, 0) is 38.1 Å². The van der Waals surface area contributed by atoms with Crippen LogP contribution in [0.15, 0.2) is 54.6 Å². The first-order valence-corrected chi connectivity index (χ1v) is 7.58. The molecule has 1 aromatic heterocycles. The zero-order chi connectivity index (χ0) is 17.1. The molecule has 0 spiro atoms. The van der Waals surface area contributed by atoms with Crippen molar-refractivity contribution in [2.75, 3.05) is 5.32 Å². The van der Waals surface area contributed by atoms with E-state index in [1.54, 1.807) is 28.9 Å². The summed E-state index contributed by atoms with van der Waals surface area (Å²) in [5, 5.41) is 7.42. The standard InChI is InChI=1S/C19H17N3O2/c1-13-18(14(2)22(21-13)17-6-4-3-5-7-17)20-19(24)16-10-8-15(12-23)9-11-16/h3-12H,1-2H3,(H,20,24). The third-order valence-electron chi connectivity index (χ3n) is 3.84. The van der Waals surface area contributed by atoms with Crippen LogP contribution in [0.5, 0.6) is 0 Å². The van der Waals surface area contributed by atoms with E-state index in [9.17, 15) is 9.59 Å². The molecule has 0 saturated carbocycles. The maximum Gasteiger partial charge on any atom is 0.255 e. The van der Waals surface area contributed by atoms with E-state index in [4.69, 9.17) is 0 Å². The Kier molecular flexibility index (Phi) is 4.24. The van der Waals surface area contributed by atoms with Gasteiger partial charge in [0.05, 0.1) is 22.8 Å². The first-order chi connectivity index (χ1) is 11.6. The van der Waals surface area contributed by atoms with E-state index in [1.165, 1.54) is 0 Å². The lowest BCUT2D eigenvalue weighted by atomic mass is 10.1. The molecule has 0 saturated heterocycles. The number of amides is 1. The molecule has 0 aliphatic heterocycles. The molecule has 0 bridgehead atoms. The Hall–Kier alpha value is -3.21. The largest absolute Gasteiger partial charge is 0.319 e.